The van der Waals surface area contributed by atoms with Gasteiger partial charge in [0.25, 0.3) is 5.91 Å². The number of fused-ring (bicyclic) bond motifs is 1. The number of halogens is 1. The topological polar surface area (TPSA) is 84.5 Å². The van der Waals surface area contributed by atoms with Crippen molar-refractivity contribution >= 4 is 15.9 Å². The SMILES string of the molecule is CNS(=O)(=O)c1ccc(F)c(C(=O)NC[C@H]2COc3ccccc3C2)c1. The van der Waals surface area contributed by atoms with Crippen LogP contribution in [0.15, 0.2) is 47.4 Å². The van der Waals surface area contributed by atoms with Gasteiger partial charge in [0.1, 0.15) is 11.6 Å². The van der Waals surface area contributed by atoms with Crippen LogP contribution in [0.2, 0.25) is 0 Å². The van der Waals surface area contributed by atoms with E-state index in [4.69, 9.17) is 4.74 Å². The van der Waals surface area contributed by atoms with Crippen LogP contribution in [0.3, 0.4) is 0 Å². The van der Waals surface area contributed by atoms with Crippen molar-refractivity contribution < 1.29 is 22.3 Å². The molecule has 2 aromatic rings. The van der Waals surface area contributed by atoms with Crippen molar-refractivity contribution in [3.63, 3.8) is 0 Å². The van der Waals surface area contributed by atoms with Gasteiger partial charge >= 0.3 is 0 Å². The predicted molar refractivity (Wildman–Crippen MR) is 94.1 cm³/mol. The summed E-state index contributed by atoms with van der Waals surface area (Å²) in [7, 11) is -2.51. The lowest BCUT2D eigenvalue weighted by Crippen LogP contribution is -2.35. The average molecular weight is 378 g/mol. The first-order chi connectivity index (χ1) is 12.4. The third-order valence-corrected chi connectivity index (χ3v) is 5.68. The van der Waals surface area contributed by atoms with E-state index in [0.29, 0.717) is 13.2 Å². The number of sulfonamides is 1. The molecule has 26 heavy (non-hydrogen) atoms. The van der Waals surface area contributed by atoms with E-state index in [1.54, 1.807) is 0 Å². The summed E-state index contributed by atoms with van der Waals surface area (Å²) < 4.78 is 45.4. The molecule has 3 rings (SSSR count). The van der Waals surface area contributed by atoms with Crippen LogP contribution in [-0.2, 0) is 16.4 Å². The normalized spacial score (nSPS) is 16.5. The summed E-state index contributed by atoms with van der Waals surface area (Å²) in [5.74, 6) is -0.537. The number of carbonyl (C=O) groups is 1. The summed E-state index contributed by atoms with van der Waals surface area (Å²) >= 11 is 0. The average Bonchev–Trinajstić information content (AvgIpc) is 2.66. The third kappa shape index (κ3) is 3.86. The minimum absolute atomic E-state index is 0.0566. The van der Waals surface area contributed by atoms with Crippen molar-refractivity contribution in [1.29, 1.82) is 0 Å². The van der Waals surface area contributed by atoms with Gasteiger partial charge in [0.15, 0.2) is 0 Å². The Balaban J connectivity index is 1.68. The lowest BCUT2D eigenvalue weighted by molar-refractivity contribution is 0.0934. The van der Waals surface area contributed by atoms with Gasteiger partial charge in [-0.25, -0.2) is 17.5 Å². The molecule has 0 spiro atoms. The molecule has 1 heterocycles. The van der Waals surface area contributed by atoms with Gasteiger partial charge in [0.05, 0.1) is 17.1 Å². The Labute approximate surface area is 151 Å². The number of hydrogen-bond acceptors (Lipinski definition) is 4. The lowest BCUT2D eigenvalue weighted by atomic mass is 9.96. The second kappa shape index (κ2) is 7.43. The highest BCUT2D eigenvalue weighted by molar-refractivity contribution is 7.89. The number of rotatable bonds is 5. The van der Waals surface area contributed by atoms with Crippen molar-refractivity contribution in [2.24, 2.45) is 5.92 Å². The van der Waals surface area contributed by atoms with Gasteiger partial charge < -0.3 is 10.1 Å². The molecule has 2 aromatic carbocycles. The molecule has 0 fully saturated rings. The Morgan fingerprint density at radius 1 is 1.27 bits per heavy atom. The molecular weight excluding hydrogens is 359 g/mol. The molecule has 1 aliphatic rings. The summed E-state index contributed by atoms with van der Waals surface area (Å²) in [5, 5.41) is 2.66. The molecule has 2 N–H and O–H groups in total. The molecule has 0 bridgehead atoms. The van der Waals surface area contributed by atoms with Gasteiger partial charge in [0, 0.05) is 12.5 Å². The van der Waals surface area contributed by atoms with Crippen LogP contribution in [0, 0.1) is 11.7 Å². The maximum atomic E-state index is 14.0. The zero-order valence-electron chi connectivity index (χ0n) is 14.2. The summed E-state index contributed by atoms with van der Waals surface area (Å²) in [6.07, 6.45) is 0.743. The van der Waals surface area contributed by atoms with Crippen LogP contribution in [0.25, 0.3) is 0 Å². The molecule has 0 unspecified atom stereocenters. The minimum atomic E-state index is -3.76. The maximum Gasteiger partial charge on any atom is 0.254 e. The molecule has 0 aromatic heterocycles. The van der Waals surface area contributed by atoms with Crippen LogP contribution in [0.1, 0.15) is 15.9 Å². The van der Waals surface area contributed by atoms with E-state index in [2.05, 4.69) is 10.0 Å². The van der Waals surface area contributed by atoms with Gasteiger partial charge in [-0.15, -0.1) is 0 Å². The highest BCUT2D eigenvalue weighted by atomic mass is 32.2. The van der Waals surface area contributed by atoms with Crippen LogP contribution < -0.4 is 14.8 Å². The zero-order valence-corrected chi connectivity index (χ0v) is 15.0. The van der Waals surface area contributed by atoms with E-state index in [1.165, 1.54) is 7.05 Å². The third-order valence-electron chi connectivity index (χ3n) is 4.27. The fourth-order valence-corrected chi connectivity index (χ4v) is 3.57. The van der Waals surface area contributed by atoms with Crippen molar-refractivity contribution in [1.82, 2.24) is 10.0 Å². The largest absolute Gasteiger partial charge is 0.493 e. The van der Waals surface area contributed by atoms with Crippen molar-refractivity contribution in [2.75, 3.05) is 20.2 Å². The summed E-state index contributed by atoms with van der Waals surface area (Å²) in [6, 6.07) is 10.8. The number of carbonyl (C=O) groups excluding carboxylic acids is 1. The molecular formula is C18H19FN2O4S. The Morgan fingerprint density at radius 2 is 2.04 bits per heavy atom. The second-order valence-corrected chi connectivity index (χ2v) is 7.93. The highest BCUT2D eigenvalue weighted by Gasteiger charge is 2.22. The fraction of sp³-hybridized carbons (Fsp3) is 0.278. The standard InChI is InChI=1S/C18H19FN2O4S/c1-20-26(23,24)14-6-7-16(19)15(9-14)18(22)21-10-12-8-13-4-2-3-5-17(13)25-11-12/h2-7,9,12,20H,8,10-11H2,1H3,(H,21,22)/t12-/m0/s1. The maximum absolute atomic E-state index is 14.0. The predicted octanol–water partition coefficient (Wildman–Crippen LogP) is 1.71. The van der Waals surface area contributed by atoms with Crippen molar-refractivity contribution in [3.8, 4) is 5.75 Å². The van der Waals surface area contributed by atoms with Crippen molar-refractivity contribution in [3.05, 3.63) is 59.4 Å². The van der Waals surface area contributed by atoms with E-state index >= 15 is 0 Å². The molecule has 1 atom stereocenters. The first-order valence-corrected chi connectivity index (χ1v) is 9.61. The fourth-order valence-electron chi connectivity index (χ4n) is 2.82. The quantitative estimate of drug-likeness (QED) is 0.830. The second-order valence-electron chi connectivity index (χ2n) is 6.05. The van der Waals surface area contributed by atoms with E-state index in [-0.39, 0.29) is 16.4 Å². The van der Waals surface area contributed by atoms with E-state index in [1.807, 2.05) is 24.3 Å². The van der Waals surface area contributed by atoms with Gasteiger partial charge in [-0.3, -0.25) is 4.79 Å². The van der Waals surface area contributed by atoms with Crippen LogP contribution in [-0.4, -0.2) is 34.5 Å². The van der Waals surface area contributed by atoms with Crippen LogP contribution in [0.5, 0.6) is 5.75 Å². The molecule has 1 aliphatic heterocycles. The van der Waals surface area contributed by atoms with Gasteiger partial charge in [-0.2, -0.15) is 0 Å². The zero-order chi connectivity index (χ0) is 18.7. The molecule has 8 heteroatoms. The number of hydrogen-bond donors (Lipinski definition) is 2. The van der Waals surface area contributed by atoms with Crippen LogP contribution >= 0.6 is 0 Å². The molecule has 6 nitrogen and oxygen atoms in total. The Hall–Kier alpha value is -2.45. The highest BCUT2D eigenvalue weighted by Crippen LogP contribution is 2.26. The Bertz CT molecular complexity index is 931. The molecule has 0 saturated carbocycles. The number of nitrogens with one attached hydrogen (secondary N) is 2. The number of para-hydroxylation sites is 1. The molecule has 138 valence electrons. The Morgan fingerprint density at radius 3 is 2.81 bits per heavy atom. The summed E-state index contributed by atoms with van der Waals surface area (Å²) in [5.41, 5.74) is 0.754. The smallest absolute Gasteiger partial charge is 0.254 e. The first kappa shape index (κ1) is 18.3. The first-order valence-electron chi connectivity index (χ1n) is 8.12. The van der Waals surface area contributed by atoms with Crippen LogP contribution in [0.4, 0.5) is 4.39 Å². The number of amides is 1. The summed E-state index contributed by atoms with van der Waals surface area (Å²) in [4.78, 5) is 12.1. The van der Waals surface area contributed by atoms with Gasteiger partial charge in [-0.1, -0.05) is 18.2 Å². The molecule has 0 aliphatic carbocycles. The monoisotopic (exact) mass is 378 g/mol. The number of benzene rings is 2. The minimum Gasteiger partial charge on any atom is -0.493 e. The van der Waals surface area contributed by atoms with Gasteiger partial charge in [-0.05, 0) is 43.3 Å². The lowest BCUT2D eigenvalue weighted by Gasteiger charge is -2.25. The van der Waals surface area contributed by atoms with Crippen molar-refractivity contribution in [2.45, 2.75) is 11.3 Å². The Kier molecular flexibility index (Phi) is 5.24. The van der Waals surface area contributed by atoms with Gasteiger partial charge in [0.2, 0.25) is 10.0 Å². The summed E-state index contributed by atoms with van der Waals surface area (Å²) in [6.45, 7) is 0.754. The van der Waals surface area contributed by atoms with E-state index < -0.39 is 21.7 Å². The number of ether oxygens (including phenoxy) is 1. The molecule has 0 saturated heterocycles. The van der Waals surface area contributed by atoms with E-state index in [0.717, 1.165) is 35.9 Å². The van der Waals surface area contributed by atoms with E-state index in [9.17, 15) is 17.6 Å². The molecule has 0 radical (unpaired) electrons. The molecule has 1 amide bonds.